The number of rotatable bonds is 5. The highest BCUT2D eigenvalue weighted by atomic mass is 19.1. The molecule has 0 bridgehead atoms. The van der Waals surface area contributed by atoms with Crippen LogP contribution in [0.25, 0.3) is 11.1 Å². The van der Waals surface area contributed by atoms with Gasteiger partial charge in [-0.1, -0.05) is 42.5 Å². The fourth-order valence-corrected chi connectivity index (χ4v) is 4.39. The summed E-state index contributed by atoms with van der Waals surface area (Å²) in [5.41, 5.74) is 6.78. The van der Waals surface area contributed by atoms with Crippen molar-refractivity contribution >= 4 is 23.2 Å². The summed E-state index contributed by atoms with van der Waals surface area (Å²) in [7, 11) is 0. The highest BCUT2D eigenvalue weighted by Gasteiger charge is 2.28. The zero-order valence-corrected chi connectivity index (χ0v) is 20.0. The molecule has 8 heteroatoms. The van der Waals surface area contributed by atoms with E-state index in [-0.39, 0.29) is 17.4 Å². The van der Waals surface area contributed by atoms with E-state index in [9.17, 15) is 18.4 Å². The zero-order chi connectivity index (χ0) is 25.9. The smallest absolute Gasteiger partial charge is 0.291 e. The van der Waals surface area contributed by atoms with E-state index in [0.717, 1.165) is 29.7 Å². The summed E-state index contributed by atoms with van der Waals surface area (Å²) >= 11 is 0. The zero-order valence-electron chi connectivity index (χ0n) is 20.0. The van der Waals surface area contributed by atoms with E-state index in [1.165, 1.54) is 0 Å². The molecule has 2 amide bonds. The number of halogens is 2. The molecule has 1 aliphatic rings. The van der Waals surface area contributed by atoms with Crippen LogP contribution in [0, 0.1) is 18.6 Å². The van der Waals surface area contributed by atoms with Gasteiger partial charge in [-0.15, -0.1) is 0 Å². The van der Waals surface area contributed by atoms with Crippen molar-refractivity contribution in [2.45, 2.75) is 26.2 Å². The van der Waals surface area contributed by atoms with Gasteiger partial charge in [0, 0.05) is 29.2 Å². The maximum Gasteiger partial charge on any atom is 0.291 e. The van der Waals surface area contributed by atoms with Gasteiger partial charge in [0.25, 0.3) is 11.8 Å². The van der Waals surface area contributed by atoms with Crippen molar-refractivity contribution in [3.63, 3.8) is 0 Å². The Kier molecular flexibility index (Phi) is 6.64. The molecule has 2 N–H and O–H groups in total. The molecule has 4 aromatic rings. The van der Waals surface area contributed by atoms with Crippen LogP contribution in [0.3, 0.4) is 0 Å². The predicted molar refractivity (Wildman–Crippen MR) is 137 cm³/mol. The minimum atomic E-state index is -0.885. The molecule has 3 aromatic carbocycles. The van der Waals surface area contributed by atoms with Crippen LogP contribution in [0.5, 0.6) is 0 Å². The summed E-state index contributed by atoms with van der Waals surface area (Å²) in [6.07, 6.45) is 1.92. The molecule has 0 fully saturated rings. The third-order valence-corrected chi connectivity index (χ3v) is 6.26. The Morgan fingerprint density at radius 3 is 2.35 bits per heavy atom. The number of fused-ring (bicyclic) bond motifs is 1. The highest BCUT2D eigenvalue weighted by Crippen LogP contribution is 2.30. The summed E-state index contributed by atoms with van der Waals surface area (Å²) < 4.78 is 33.0. The molecule has 1 heterocycles. The molecule has 5 rings (SSSR count). The van der Waals surface area contributed by atoms with E-state index < -0.39 is 17.5 Å². The Morgan fingerprint density at radius 2 is 1.62 bits per heavy atom. The number of nitrogens with zero attached hydrogens (tertiary/aromatic N) is 1. The molecule has 0 atom stereocenters. The Morgan fingerprint density at radius 1 is 0.892 bits per heavy atom. The average molecular weight is 500 g/mol. The second-order valence-corrected chi connectivity index (χ2v) is 8.73. The van der Waals surface area contributed by atoms with Crippen LogP contribution in [0.4, 0.5) is 14.5 Å². The summed E-state index contributed by atoms with van der Waals surface area (Å²) in [4.78, 5) is 25.5. The molecular formula is C29H23F2N3O3. The van der Waals surface area contributed by atoms with E-state index in [0.29, 0.717) is 47.1 Å². The van der Waals surface area contributed by atoms with Gasteiger partial charge >= 0.3 is 0 Å². The molecule has 1 aromatic heterocycles. The van der Waals surface area contributed by atoms with Crippen molar-refractivity contribution in [2.75, 3.05) is 5.32 Å². The van der Waals surface area contributed by atoms with E-state index in [2.05, 4.69) is 15.8 Å². The van der Waals surface area contributed by atoms with Crippen molar-refractivity contribution in [1.82, 2.24) is 5.43 Å². The van der Waals surface area contributed by atoms with E-state index in [1.807, 2.05) is 42.5 Å². The Hall–Kier alpha value is -4.59. The number of benzene rings is 3. The topological polar surface area (TPSA) is 83.7 Å². The molecule has 1 aliphatic carbocycles. The largest absolute Gasteiger partial charge is 0.455 e. The number of nitrogens with one attached hydrogen (secondary N) is 2. The van der Waals surface area contributed by atoms with Gasteiger partial charge in [-0.2, -0.15) is 5.10 Å². The standard InChI is InChI=1S/C29H23F2N3O3/c1-17-26-24(33-34-28(35)20-12-10-19(11-13-20)18-6-3-2-4-7-18)8-5-9-25(26)37-27(17)29(36)32-23-15-14-21(30)16-22(23)31/h2-4,6-7,10-16H,5,8-9H2,1H3,(H,32,36)(H,34,35)/b33-24+. The van der Waals surface area contributed by atoms with Gasteiger partial charge in [-0.3, -0.25) is 9.59 Å². The highest BCUT2D eigenvalue weighted by molar-refractivity contribution is 6.09. The van der Waals surface area contributed by atoms with Crippen LogP contribution in [-0.2, 0) is 6.42 Å². The quantitative estimate of drug-likeness (QED) is 0.318. The lowest BCUT2D eigenvalue weighted by molar-refractivity contribution is 0.0953. The third-order valence-electron chi connectivity index (χ3n) is 6.26. The van der Waals surface area contributed by atoms with Gasteiger partial charge in [0.1, 0.15) is 17.4 Å². The van der Waals surface area contributed by atoms with Crippen LogP contribution >= 0.6 is 0 Å². The molecule has 6 nitrogen and oxygen atoms in total. The summed E-state index contributed by atoms with van der Waals surface area (Å²) in [6.45, 7) is 1.71. The molecule has 0 spiro atoms. The molecule has 0 saturated heterocycles. The van der Waals surface area contributed by atoms with Crippen LogP contribution in [0.1, 0.15) is 50.6 Å². The second kappa shape index (κ2) is 10.2. The van der Waals surface area contributed by atoms with Crippen molar-refractivity contribution in [3.8, 4) is 11.1 Å². The van der Waals surface area contributed by atoms with Crippen LogP contribution in [0.2, 0.25) is 0 Å². The van der Waals surface area contributed by atoms with Gasteiger partial charge in [-0.05, 0) is 55.2 Å². The van der Waals surface area contributed by atoms with Gasteiger partial charge < -0.3 is 9.73 Å². The van der Waals surface area contributed by atoms with Crippen molar-refractivity contribution in [2.24, 2.45) is 5.10 Å². The lowest BCUT2D eigenvalue weighted by Gasteiger charge is -2.13. The van der Waals surface area contributed by atoms with E-state index in [4.69, 9.17) is 4.42 Å². The number of carbonyl (C=O) groups is 2. The van der Waals surface area contributed by atoms with Gasteiger partial charge in [0.2, 0.25) is 0 Å². The van der Waals surface area contributed by atoms with E-state index >= 15 is 0 Å². The first kappa shape index (κ1) is 24.1. The number of hydrogen-bond acceptors (Lipinski definition) is 4. The van der Waals surface area contributed by atoms with E-state index in [1.54, 1.807) is 19.1 Å². The normalized spacial score (nSPS) is 13.8. The first-order valence-corrected chi connectivity index (χ1v) is 11.8. The first-order valence-electron chi connectivity index (χ1n) is 11.8. The van der Waals surface area contributed by atoms with Crippen LogP contribution in [-0.4, -0.2) is 17.5 Å². The SMILES string of the molecule is Cc1c(C(=O)Nc2ccc(F)cc2F)oc2c1/C(=N/NC(=O)c1ccc(-c3ccccc3)cc1)CCC2. The Balaban J connectivity index is 1.33. The summed E-state index contributed by atoms with van der Waals surface area (Å²) in [5, 5.41) is 6.77. The van der Waals surface area contributed by atoms with Crippen molar-refractivity contribution < 1.29 is 22.8 Å². The molecule has 0 aliphatic heterocycles. The lowest BCUT2D eigenvalue weighted by Crippen LogP contribution is -2.22. The maximum atomic E-state index is 14.0. The fraction of sp³-hybridized carbons (Fsp3) is 0.138. The summed E-state index contributed by atoms with van der Waals surface area (Å²) in [6, 6.07) is 20.0. The number of hydrazone groups is 1. The van der Waals surface area contributed by atoms with Crippen LogP contribution in [0.15, 0.2) is 82.3 Å². The number of carbonyl (C=O) groups excluding carboxylic acids is 2. The molecule has 186 valence electrons. The molecule has 0 unspecified atom stereocenters. The number of anilines is 1. The Labute approximate surface area is 212 Å². The number of amides is 2. The molecule has 0 saturated carbocycles. The second-order valence-electron chi connectivity index (χ2n) is 8.73. The molecular weight excluding hydrogens is 476 g/mol. The Bertz CT molecular complexity index is 1510. The van der Waals surface area contributed by atoms with Gasteiger partial charge in [-0.25, -0.2) is 14.2 Å². The fourth-order valence-electron chi connectivity index (χ4n) is 4.39. The minimum absolute atomic E-state index is 0.0196. The number of hydrogen-bond donors (Lipinski definition) is 2. The monoisotopic (exact) mass is 499 g/mol. The first-order chi connectivity index (χ1) is 17.9. The van der Waals surface area contributed by atoms with Crippen molar-refractivity contribution in [1.29, 1.82) is 0 Å². The van der Waals surface area contributed by atoms with Crippen LogP contribution < -0.4 is 10.7 Å². The molecule has 37 heavy (non-hydrogen) atoms. The number of furan rings is 1. The lowest BCUT2D eigenvalue weighted by atomic mass is 9.93. The predicted octanol–water partition coefficient (Wildman–Crippen LogP) is 6.26. The average Bonchev–Trinajstić information content (AvgIpc) is 3.26. The van der Waals surface area contributed by atoms with Gasteiger partial charge in [0.15, 0.2) is 5.76 Å². The van der Waals surface area contributed by atoms with Gasteiger partial charge in [0.05, 0.1) is 11.4 Å². The number of aryl methyl sites for hydroxylation is 1. The van der Waals surface area contributed by atoms with Crippen molar-refractivity contribution in [3.05, 3.63) is 113 Å². The summed E-state index contributed by atoms with van der Waals surface area (Å²) in [5.74, 6) is -2.04. The third kappa shape index (κ3) is 5.04. The maximum absolute atomic E-state index is 14.0. The molecule has 0 radical (unpaired) electrons. The minimum Gasteiger partial charge on any atom is -0.455 e.